The molecule has 0 atom stereocenters. The quantitative estimate of drug-likeness (QED) is 0.765. The van der Waals surface area contributed by atoms with Crippen LogP contribution in [0.4, 0.5) is 0 Å². The monoisotopic (exact) mass is 256 g/mol. The zero-order valence-corrected chi connectivity index (χ0v) is 10.8. The van der Waals surface area contributed by atoms with Gasteiger partial charge in [-0.1, -0.05) is 35.8 Å². The fraction of sp³-hybridized carbons (Fsp3) is 0.333. The van der Waals surface area contributed by atoms with Gasteiger partial charge in [-0.2, -0.15) is 0 Å². The largest absolute Gasteiger partial charge is 0.765 e. The van der Waals surface area contributed by atoms with Crippen LogP contribution in [0.5, 0.6) is 0 Å². The predicted octanol–water partition coefficient (Wildman–Crippen LogP) is 2.01. The molecule has 0 saturated carbocycles. The summed E-state index contributed by atoms with van der Waals surface area (Å²) < 4.78 is 5.07. The van der Waals surface area contributed by atoms with E-state index in [-0.39, 0.29) is 32.7 Å². The zero-order chi connectivity index (χ0) is 8.10. The molecule has 1 rings (SSSR count). The molecule has 0 N–H and O–H groups in total. The first-order valence-electron chi connectivity index (χ1n) is 3.54. The van der Waals surface area contributed by atoms with Crippen LogP contribution in [-0.4, -0.2) is 5.94 Å². The Bertz CT molecular complexity index is 210. The topological polar surface area (TPSA) is 9.23 Å². The van der Waals surface area contributed by atoms with Crippen molar-refractivity contribution < 1.29 is 37.4 Å². The Morgan fingerprint density at radius 2 is 1.83 bits per heavy atom. The molecular weight excluding hydrogens is 245 g/mol. The Balaban J connectivity index is 0.00000121. The molecule has 3 heteroatoms. The molecule has 1 aromatic rings. The van der Waals surface area contributed by atoms with Crippen LogP contribution in [-0.2, 0) is 56.7 Å². The van der Waals surface area contributed by atoms with Gasteiger partial charge in [0.15, 0.2) is 0 Å². The van der Waals surface area contributed by atoms with Gasteiger partial charge >= 0.3 is 0 Å². The van der Waals surface area contributed by atoms with Crippen molar-refractivity contribution in [2.45, 2.75) is 13.5 Å². The van der Waals surface area contributed by atoms with Crippen molar-refractivity contribution in [1.82, 2.24) is 0 Å². The number of hydrogen-bond donors (Lipinski definition) is 0. The molecular formula is C9H11OSY-. The first-order chi connectivity index (χ1) is 5.33. The van der Waals surface area contributed by atoms with Gasteiger partial charge in [0.05, 0.1) is 6.61 Å². The number of hydrogen-bond acceptors (Lipinski definition) is 2. The molecule has 1 aromatic carbocycles. The van der Waals surface area contributed by atoms with Crippen molar-refractivity contribution in [1.29, 1.82) is 0 Å². The van der Waals surface area contributed by atoms with Crippen LogP contribution in [0, 0.1) is 6.92 Å². The van der Waals surface area contributed by atoms with E-state index in [1.165, 1.54) is 11.1 Å². The Hall–Kier alpha value is 0.634. The van der Waals surface area contributed by atoms with Crippen molar-refractivity contribution in [3.05, 3.63) is 35.4 Å². The van der Waals surface area contributed by atoms with Crippen molar-refractivity contribution in [3.63, 3.8) is 0 Å². The van der Waals surface area contributed by atoms with Gasteiger partial charge < -0.3 is 17.4 Å². The maximum atomic E-state index is 5.07. The van der Waals surface area contributed by atoms with E-state index in [0.717, 1.165) is 0 Å². The van der Waals surface area contributed by atoms with E-state index >= 15 is 0 Å². The molecule has 0 bridgehead atoms. The van der Waals surface area contributed by atoms with Crippen molar-refractivity contribution in [3.8, 4) is 0 Å². The van der Waals surface area contributed by atoms with Gasteiger partial charge in [-0.25, -0.2) is 0 Å². The van der Waals surface area contributed by atoms with Gasteiger partial charge in [-0.3, -0.25) is 0 Å². The molecule has 0 aliphatic carbocycles. The number of aryl methyl sites for hydroxylation is 1. The Labute approximate surface area is 104 Å². The Morgan fingerprint density at radius 1 is 1.25 bits per heavy atom. The third kappa shape index (κ3) is 4.61. The van der Waals surface area contributed by atoms with Gasteiger partial charge in [0.2, 0.25) is 0 Å². The first-order valence-corrected chi connectivity index (χ1v) is 4.12. The van der Waals surface area contributed by atoms with Crippen LogP contribution in [0.1, 0.15) is 11.1 Å². The Kier molecular flexibility index (Phi) is 7.45. The van der Waals surface area contributed by atoms with Gasteiger partial charge in [0, 0.05) is 32.7 Å². The molecule has 0 fully saturated rings. The Morgan fingerprint density at radius 3 is 2.33 bits per heavy atom. The van der Waals surface area contributed by atoms with E-state index in [2.05, 4.69) is 43.8 Å². The molecule has 0 heterocycles. The van der Waals surface area contributed by atoms with Crippen LogP contribution in [0.25, 0.3) is 0 Å². The molecule has 1 radical (unpaired) electrons. The molecule has 63 valence electrons. The van der Waals surface area contributed by atoms with E-state index in [1.54, 1.807) is 0 Å². The second-order valence-corrected chi connectivity index (χ2v) is 2.69. The molecule has 0 amide bonds. The normalized spacial score (nSPS) is 9.17. The molecule has 0 spiro atoms. The summed E-state index contributed by atoms with van der Waals surface area (Å²) in [6.45, 7) is 2.70. The van der Waals surface area contributed by atoms with Gasteiger partial charge in [-0.05, 0) is 12.5 Å². The van der Waals surface area contributed by atoms with E-state index in [1.807, 2.05) is 0 Å². The third-order valence-corrected chi connectivity index (χ3v) is 1.64. The van der Waals surface area contributed by atoms with Crippen LogP contribution in [0.15, 0.2) is 24.3 Å². The van der Waals surface area contributed by atoms with Crippen LogP contribution in [0.2, 0.25) is 0 Å². The first kappa shape index (κ1) is 12.6. The number of benzene rings is 1. The van der Waals surface area contributed by atoms with Gasteiger partial charge in [0.1, 0.15) is 0 Å². The standard InChI is InChI=1S/C9H12OS.Y/c1-8-2-4-9(5-3-8)6-10-7-11;/h2-5,11H,6-7H2,1H3;/p-1. The predicted molar refractivity (Wildman–Crippen MR) is 48.2 cm³/mol. The molecule has 0 aliphatic rings. The minimum absolute atomic E-state index is 0. The van der Waals surface area contributed by atoms with Crippen LogP contribution in [0.3, 0.4) is 0 Å². The second kappa shape index (κ2) is 7.08. The van der Waals surface area contributed by atoms with Crippen molar-refractivity contribution in [2.75, 3.05) is 5.94 Å². The van der Waals surface area contributed by atoms with E-state index in [4.69, 9.17) is 4.74 Å². The van der Waals surface area contributed by atoms with Crippen molar-refractivity contribution in [2.24, 2.45) is 0 Å². The fourth-order valence-corrected chi connectivity index (χ4v) is 0.927. The average Bonchev–Trinajstić information content (AvgIpc) is 2.04. The maximum absolute atomic E-state index is 5.07. The van der Waals surface area contributed by atoms with E-state index in [0.29, 0.717) is 12.5 Å². The second-order valence-electron chi connectivity index (χ2n) is 2.45. The summed E-state index contributed by atoms with van der Waals surface area (Å²) in [6.07, 6.45) is 0. The number of ether oxygens (including phenoxy) is 1. The molecule has 12 heavy (non-hydrogen) atoms. The summed E-state index contributed by atoms with van der Waals surface area (Å²) in [5.74, 6) is 0.369. The van der Waals surface area contributed by atoms with Gasteiger partial charge in [-0.15, -0.1) is 0 Å². The maximum Gasteiger partial charge on any atom is 0.0690 e. The third-order valence-electron chi connectivity index (χ3n) is 1.47. The summed E-state index contributed by atoms with van der Waals surface area (Å²) in [7, 11) is 0. The summed E-state index contributed by atoms with van der Waals surface area (Å²) in [6, 6.07) is 8.25. The van der Waals surface area contributed by atoms with Gasteiger partial charge in [0.25, 0.3) is 0 Å². The molecule has 0 saturated heterocycles. The van der Waals surface area contributed by atoms with Crippen molar-refractivity contribution >= 4 is 12.6 Å². The fourth-order valence-electron chi connectivity index (χ4n) is 0.844. The summed E-state index contributed by atoms with van der Waals surface area (Å²) >= 11 is 4.65. The summed E-state index contributed by atoms with van der Waals surface area (Å²) in [4.78, 5) is 0. The zero-order valence-electron chi connectivity index (χ0n) is 7.12. The number of rotatable bonds is 3. The molecule has 1 nitrogen and oxygen atoms in total. The van der Waals surface area contributed by atoms with E-state index < -0.39 is 0 Å². The van der Waals surface area contributed by atoms with Crippen LogP contribution < -0.4 is 0 Å². The minimum Gasteiger partial charge on any atom is -0.765 e. The molecule has 0 unspecified atom stereocenters. The SMILES string of the molecule is Cc1ccc(COC[S-])cc1.[Y]. The summed E-state index contributed by atoms with van der Waals surface area (Å²) in [5.41, 5.74) is 2.45. The van der Waals surface area contributed by atoms with E-state index in [9.17, 15) is 0 Å². The van der Waals surface area contributed by atoms with Crippen LogP contribution >= 0.6 is 0 Å². The molecule has 0 aliphatic heterocycles. The molecule has 0 aromatic heterocycles. The average molecular weight is 256 g/mol. The smallest absolute Gasteiger partial charge is 0.0690 e. The minimum atomic E-state index is 0. The summed E-state index contributed by atoms with van der Waals surface area (Å²) in [5, 5.41) is 0.